The molecule has 0 spiro atoms. The molecular weight excluding hydrogens is 168 g/mol. The molecule has 1 aliphatic rings. The van der Waals surface area contributed by atoms with E-state index in [0.29, 0.717) is 6.04 Å². The molecule has 1 rings (SSSR count). The predicted molar refractivity (Wildman–Crippen MR) is 38.7 cm³/mol. The van der Waals surface area contributed by atoms with E-state index >= 15 is 0 Å². The molecule has 0 amide bonds. The fourth-order valence-electron chi connectivity index (χ4n) is 0.697. The molecule has 46 valence electrons. The summed E-state index contributed by atoms with van der Waals surface area (Å²) in [5, 5.41) is 4.20. The summed E-state index contributed by atoms with van der Waals surface area (Å²) >= 11 is 3.36. The highest BCUT2D eigenvalue weighted by molar-refractivity contribution is 9.09. The molecule has 8 heavy (non-hydrogen) atoms. The van der Waals surface area contributed by atoms with Crippen molar-refractivity contribution in [3.05, 3.63) is 0 Å². The number of halogens is 1. The molecule has 3 heteroatoms. The minimum absolute atomic E-state index is 0.592. The molecule has 0 aromatic carbocycles. The first-order valence-corrected chi connectivity index (χ1v) is 3.86. The van der Waals surface area contributed by atoms with Gasteiger partial charge in [0.15, 0.2) is 0 Å². The Morgan fingerprint density at radius 3 is 3.25 bits per heavy atom. The van der Waals surface area contributed by atoms with Gasteiger partial charge in [0.05, 0.1) is 12.9 Å². The number of nitrogens with one attached hydrogen (secondary N) is 1. The third-order valence-corrected chi connectivity index (χ3v) is 1.64. The number of aliphatic imine (C=N–C) groups is 1. The first-order valence-electron chi connectivity index (χ1n) is 2.74. The Labute approximate surface area is 57.5 Å². The lowest BCUT2D eigenvalue weighted by Crippen LogP contribution is -2.24. The van der Waals surface area contributed by atoms with E-state index in [4.69, 9.17) is 0 Å². The van der Waals surface area contributed by atoms with Gasteiger partial charge >= 0.3 is 0 Å². The molecule has 1 aliphatic heterocycles. The van der Waals surface area contributed by atoms with Crippen molar-refractivity contribution in [1.29, 1.82) is 0 Å². The van der Waals surface area contributed by atoms with Crippen molar-refractivity contribution in [2.75, 3.05) is 11.9 Å². The maximum absolute atomic E-state index is 4.03. The summed E-state index contributed by atoms with van der Waals surface area (Å²) in [5.41, 5.74) is 0. The molecule has 1 atom stereocenters. The lowest BCUT2D eigenvalue weighted by atomic mass is 10.2. The fourth-order valence-corrected chi connectivity index (χ4v) is 1.25. The Morgan fingerprint density at radius 1 is 1.88 bits per heavy atom. The van der Waals surface area contributed by atoms with Crippen LogP contribution in [0.5, 0.6) is 0 Å². The van der Waals surface area contributed by atoms with Gasteiger partial charge in [0.1, 0.15) is 0 Å². The minimum atomic E-state index is 0.592. The van der Waals surface area contributed by atoms with E-state index in [1.54, 1.807) is 6.34 Å². The molecule has 0 aromatic heterocycles. The van der Waals surface area contributed by atoms with Crippen LogP contribution in [0.15, 0.2) is 4.99 Å². The highest BCUT2D eigenvalue weighted by Gasteiger charge is 2.07. The summed E-state index contributed by atoms with van der Waals surface area (Å²) in [7, 11) is 0. The van der Waals surface area contributed by atoms with Gasteiger partial charge in [-0.1, -0.05) is 15.9 Å². The molecule has 0 aromatic rings. The van der Waals surface area contributed by atoms with Gasteiger partial charge in [0, 0.05) is 11.4 Å². The topological polar surface area (TPSA) is 24.4 Å². The Kier molecular flexibility index (Phi) is 2.33. The molecule has 0 saturated carbocycles. The lowest BCUT2D eigenvalue weighted by Gasteiger charge is -2.04. The average Bonchev–Trinajstić information content (AvgIpc) is 2.19. The fraction of sp³-hybridized carbons (Fsp3) is 0.800. The second kappa shape index (κ2) is 3.07. The van der Waals surface area contributed by atoms with Crippen LogP contribution in [-0.4, -0.2) is 24.3 Å². The number of hydrogen-bond acceptors (Lipinski definition) is 2. The first kappa shape index (κ1) is 6.08. The summed E-state index contributed by atoms with van der Waals surface area (Å²) in [6.45, 7) is 0.950. The standard InChI is InChI=1S/C5H9BrN2/c6-2-1-5-3-7-4-8-5/h4-5H,1-3H2,(H,7,8)/t5-/m1/s1. The van der Waals surface area contributed by atoms with Crippen molar-refractivity contribution in [2.24, 2.45) is 4.99 Å². The van der Waals surface area contributed by atoms with Crippen molar-refractivity contribution in [1.82, 2.24) is 5.32 Å². The summed E-state index contributed by atoms with van der Waals surface area (Å²) in [5.74, 6) is 0. The zero-order valence-electron chi connectivity index (χ0n) is 4.60. The highest BCUT2D eigenvalue weighted by atomic mass is 79.9. The van der Waals surface area contributed by atoms with Crippen LogP contribution in [0.1, 0.15) is 6.42 Å². The highest BCUT2D eigenvalue weighted by Crippen LogP contribution is 1.98. The zero-order valence-corrected chi connectivity index (χ0v) is 6.19. The van der Waals surface area contributed by atoms with Gasteiger partial charge in [0.25, 0.3) is 0 Å². The molecule has 0 saturated heterocycles. The van der Waals surface area contributed by atoms with Crippen molar-refractivity contribution in [2.45, 2.75) is 12.5 Å². The van der Waals surface area contributed by atoms with Crippen LogP contribution in [0.25, 0.3) is 0 Å². The van der Waals surface area contributed by atoms with Crippen molar-refractivity contribution >= 4 is 22.3 Å². The summed E-state index contributed by atoms with van der Waals surface area (Å²) in [4.78, 5) is 4.03. The lowest BCUT2D eigenvalue weighted by molar-refractivity contribution is 0.646. The van der Waals surface area contributed by atoms with Crippen molar-refractivity contribution < 1.29 is 0 Å². The van der Waals surface area contributed by atoms with Gasteiger partial charge in [-0.15, -0.1) is 0 Å². The summed E-state index contributed by atoms with van der Waals surface area (Å²) < 4.78 is 0. The van der Waals surface area contributed by atoms with Gasteiger partial charge in [-0.3, -0.25) is 4.99 Å². The second-order valence-corrected chi connectivity index (χ2v) is 2.63. The molecule has 0 aliphatic carbocycles. The smallest absolute Gasteiger partial charge is 0.0827 e. The van der Waals surface area contributed by atoms with Gasteiger partial charge in [0.2, 0.25) is 0 Å². The number of nitrogens with zero attached hydrogens (tertiary/aromatic N) is 1. The third-order valence-electron chi connectivity index (χ3n) is 1.18. The Balaban J connectivity index is 2.10. The van der Waals surface area contributed by atoms with E-state index in [1.165, 1.54) is 6.42 Å². The first-order chi connectivity index (χ1) is 3.93. The zero-order chi connectivity index (χ0) is 5.82. The van der Waals surface area contributed by atoms with E-state index in [9.17, 15) is 0 Å². The quantitative estimate of drug-likeness (QED) is 0.619. The van der Waals surface area contributed by atoms with E-state index in [-0.39, 0.29) is 0 Å². The van der Waals surface area contributed by atoms with Gasteiger partial charge in [-0.2, -0.15) is 0 Å². The van der Waals surface area contributed by atoms with Crippen molar-refractivity contribution in [3.63, 3.8) is 0 Å². The molecule has 1 heterocycles. The normalized spacial score (nSPS) is 25.9. The average molecular weight is 177 g/mol. The third kappa shape index (κ3) is 1.47. The maximum Gasteiger partial charge on any atom is 0.0827 e. The molecule has 2 nitrogen and oxygen atoms in total. The Hall–Kier alpha value is -0.0500. The number of hydrogen-bond donors (Lipinski definition) is 1. The maximum atomic E-state index is 4.03. The van der Waals surface area contributed by atoms with Gasteiger partial charge in [-0.05, 0) is 6.42 Å². The van der Waals surface area contributed by atoms with Gasteiger partial charge in [-0.25, -0.2) is 0 Å². The molecule has 0 unspecified atom stereocenters. The van der Waals surface area contributed by atoms with E-state index in [2.05, 4.69) is 26.2 Å². The second-order valence-electron chi connectivity index (χ2n) is 1.84. The van der Waals surface area contributed by atoms with Crippen LogP contribution in [-0.2, 0) is 0 Å². The predicted octanol–water partition coefficient (Wildman–Crippen LogP) is 0.771. The summed E-state index contributed by atoms with van der Waals surface area (Å²) in [6.07, 6.45) is 2.95. The molecule has 1 N–H and O–H groups in total. The number of alkyl halides is 1. The summed E-state index contributed by atoms with van der Waals surface area (Å²) in [6, 6.07) is 0.592. The molecule has 0 radical (unpaired) electrons. The Morgan fingerprint density at radius 2 is 2.75 bits per heavy atom. The van der Waals surface area contributed by atoms with Gasteiger partial charge < -0.3 is 5.32 Å². The minimum Gasteiger partial charge on any atom is -0.372 e. The molecule has 0 fully saturated rings. The Bertz CT molecular complexity index is 84.4. The van der Waals surface area contributed by atoms with Crippen LogP contribution in [0.3, 0.4) is 0 Å². The largest absolute Gasteiger partial charge is 0.372 e. The molecule has 0 bridgehead atoms. The van der Waals surface area contributed by atoms with E-state index in [1.807, 2.05) is 0 Å². The van der Waals surface area contributed by atoms with Crippen LogP contribution in [0.4, 0.5) is 0 Å². The SMILES string of the molecule is BrCC[C@@H]1CN=CN1. The number of rotatable bonds is 2. The van der Waals surface area contributed by atoms with E-state index < -0.39 is 0 Å². The van der Waals surface area contributed by atoms with Crippen LogP contribution in [0, 0.1) is 0 Å². The van der Waals surface area contributed by atoms with Crippen molar-refractivity contribution in [3.8, 4) is 0 Å². The molecular formula is C5H9BrN2. The monoisotopic (exact) mass is 176 g/mol. The van der Waals surface area contributed by atoms with E-state index in [0.717, 1.165) is 11.9 Å². The van der Waals surface area contributed by atoms with Crippen LogP contribution >= 0.6 is 15.9 Å². The van der Waals surface area contributed by atoms with Crippen LogP contribution < -0.4 is 5.32 Å². The van der Waals surface area contributed by atoms with Crippen LogP contribution in [0.2, 0.25) is 0 Å².